The number of rotatable bonds is 5. The van der Waals surface area contributed by atoms with E-state index in [-0.39, 0.29) is 18.3 Å². The molecule has 1 aromatic heterocycles. The molecule has 0 atom stereocenters. The summed E-state index contributed by atoms with van der Waals surface area (Å²) in [5.74, 6) is 0.765. The first-order valence-corrected chi connectivity index (χ1v) is 6.95. The number of benzene rings is 1. The number of aromatic nitrogens is 2. The van der Waals surface area contributed by atoms with Gasteiger partial charge in [-0.1, -0.05) is 6.92 Å². The van der Waals surface area contributed by atoms with Crippen molar-refractivity contribution in [2.45, 2.75) is 25.8 Å². The molecule has 20 heavy (non-hydrogen) atoms. The molecule has 0 unspecified atom stereocenters. The zero-order valence-corrected chi connectivity index (χ0v) is 11.9. The van der Waals surface area contributed by atoms with Crippen molar-refractivity contribution in [3.63, 3.8) is 0 Å². The first-order valence-electron chi connectivity index (χ1n) is 6.41. The van der Waals surface area contributed by atoms with Gasteiger partial charge in [-0.05, 0) is 24.6 Å². The van der Waals surface area contributed by atoms with Crippen LogP contribution in [-0.4, -0.2) is 22.0 Å². The smallest absolute Gasteiger partial charge is 0.240 e. The Bertz CT molecular complexity index is 672. The number of nitrogens with one attached hydrogen (secondary N) is 1. The van der Waals surface area contributed by atoms with Crippen molar-refractivity contribution in [1.82, 2.24) is 14.9 Å². The van der Waals surface area contributed by atoms with E-state index in [4.69, 9.17) is 16.9 Å². The molecule has 0 bridgehead atoms. The van der Waals surface area contributed by atoms with Crippen LogP contribution in [0.1, 0.15) is 24.7 Å². The second kappa shape index (κ2) is 6.40. The Kier molecular flexibility index (Phi) is 4.59. The second-order valence-corrected chi connectivity index (χ2v) is 4.68. The highest BCUT2D eigenvalue weighted by molar-refractivity contribution is 6.16. The topological polar surface area (TPSA) is 70.7 Å². The molecule has 0 aliphatic heterocycles. The van der Waals surface area contributed by atoms with Crippen LogP contribution in [0.25, 0.3) is 11.0 Å². The molecule has 0 aliphatic carbocycles. The van der Waals surface area contributed by atoms with Gasteiger partial charge in [-0.15, -0.1) is 11.6 Å². The van der Waals surface area contributed by atoms with E-state index in [0.717, 1.165) is 17.5 Å². The first kappa shape index (κ1) is 14.4. The summed E-state index contributed by atoms with van der Waals surface area (Å²) in [6.45, 7) is 2.80. The number of carbonyl (C=O) groups is 1. The number of fused-ring (bicyclic) bond motifs is 1. The molecule has 0 spiro atoms. The first-order chi connectivity index (χ1) is 9.69. The van der Waals surface area contributed by atoms with E-state index < -0.39 is 0 Å². The number of nitrogens with zero attached hydrogens (tertiary/aromatic N) is 3. The molecule has 0 aliphatic rings. The van der Waals surface area contributed by atoms with E-state index in [1.165, 1.54) is 0 Å². The molecule has 0 radical (unpaired) electrons. The molecule has 1 heterocycles. The van der Waals surface area contributed by atoms with Gasteiger partial charge in [0.15, 0.2) is 0 Å². The molecule has 0 saturated heterocycles. The van der Waals surface area contributed by atoms with Gasteiger partial charge in [-0.2, -0.15) is 5.26 Å². The maximum absolute atomic E-state index is 11.9. The summed E-state index contributed by atoms with van der Waals surface area (Å²) >= 11 is 5.88. The minimum Gasteiger partial charge on any atom is -0.355 e. The monoisotopic (exact) mass is 290 g/mol. The fraction of sp³-hybridized carbons (Fsp3) is 0.357. The lowest BCUT2D eigenvalue weighted by Gasteiger charge is -2.08. The molecule has 1 amide bonds. The Balaban J connectivity index is 2.39. The van der Waals surface area contributed by atoms with Gasteiger partial charge >= 0.3 is 0 Å². The summed E-state index contributed by atoms with van der Waals surface area (Å²) in [5.41, 5.74) is 2.03. The number of hydrogen-bond donors (Lipinski definition) is 1. The van der Waals surface area contributed by atoms with Gasteiger partial charge in [0.05, 0.1) is 28.5 Å². The molecule has 0 saturated carbocycles. The molecule has 104 valence electrons. The van der Waals surface area contributed by atoms with Crippen LogP contribution in [0.3, 0.4) is 0 Å². The largest absolute Gasteiger partial charge is 0.355 e. The molecule has 1 aromatic carbocycles. The minimum absolute atomic E-state index is 0.0834. The summed E-state index contributed by atoms with van der Waals surface area (Å²) in [5, 5.41) is 11.8. The van der Waals surface area contributed by atoms with E-state index in [1.54, 1.807) is 22.8 Å². The van der Waals surface area contributed by atoms with Gasteiger partial charge < -0.3 is 9.88 Å². The Labute approximate surface area is 122 Å². The van der Waals surface area contributed by atoms with Crippen LogP contribution >= 0.6 is 11.6 Å². The molecular weight excluding hydrogens is 276 g/mol. The van der Waals surface area contributed by atoms with Gasteiger partial charge in [0, 0.05) is 6.54 Å². The Morgan fingerprint density at radius 1 is 1.55 bits per heavy atom. The van der Waals surface area contributed by atoms with Crippen molar-refractivity contribution in [2.24, 2.45) is 0 Å². The zero-order valence-electron chi connectivity index (χ0n) is 11.2. The van der Waals surface area contributed by atoms with E-state index in [1.807, 2.05) is 6.92 Å². The maximum atomic E-state index is 11.9. The number of hydrogen-bond acceptors (Lipinski definition) is 3. The van der Waals surface area contributed by atoms with Crippen LogP contribution in [0.15, 0.2) is 18.2 Å². The van der Waals surface area contributed by atoms with E-state index in [9.17, 15) is 4.79 Å². The van der Waals surface area contributed by atoms with Gasteiger partial charge in [0.25, 0.3) is 0 Å². The average Bonchev–Trinajstić information content (AvgIpc) is 2.82. The molecule has 0 fully saturated rings. The lowest BCUT2D eigenvalue weighted by atomic mass is 10.2. The van der Waals surface area contributed by atoms with Gasteiger partial charge in [0.1, 0.15) is 12.4 Å². The number of nitriles is 1. The highest BCUT2D eigenvalue weighted by Crippen LogP contribution is 2.19. The van der Waals surface area contributed by atoms with E-state index in [2.05, 4.69) is 16.4 Å². The molecular formula is C14H15ClN4O. The predicted octanol–water partition coefficient (Wildman–Crippen LogP) is 2.17. The number of carbonyl (C=O) groups excluding carboxylic acids is 1. The van der Waals surface area contributed by atoms with Gasteiger partial charge in [0.2, 0.25) is 5.91 Å². The molecule has 2 rings (SSSR count). The third kappa shape index (κ3) is 2.91. The average molecular weight is 291 g/mol. The minimum atomic E-state index is -0.0834. The third-order valence-electron chi connectivity index (χ3n) is 2.95. The predicted molar refractivity (Wildman–Crippen MR) is 77.3 cm³/mol. The Hall–Kier alpha value is -2.06. The van der Waals surface area contributed by atoms with Crippen molar-refractivity contribution in [3.8, 4) is 6.07 Å². The number of imidazole rings is 1. The molecule has 6 heteroatoms. The SMILES string of the molecule is CCCNC(=O)Cn1c(CCl)nc2ccc(C#N)cc21. The van der Waals surface area contributed by atoms with Crippen molar-refractivity contribution >= 4 is 28.5 Å². The van der Waals surface area contributed by atoms with E-state index >= 15 is 0 Å². The summed E-state index contributed by atoms with van der Waals surface area (Å²) in [4.78, 5) is 16.2. The molecule has 1 N–H and O–H groups in total. The molecule has 5 nitrogen and oxygen atoms in total. The lowest BCUT2D eigenvalue weighted by Crippen LogP contribution is -2.28. The van der Waals surface area contributed by atoms with E-state index in [0.29, 0.717) is 17.9 Å². The van der Waals surface area contributed by atoms with Crippen LogP contribution in [-0.2, 0) is 17.2 Å². The Morgan fingerprint density at radius 2 is 2.35 bits per heavy atom. The maximum Gasteiger partial charge on any atom is 0.240 e. The fourth-order valence-electron chi connectivity index (χ4n) is 1.98. The van der Waals surface area contributed by atoms with Crippen molar-refractivity contribution in [3.05, 3.63) is 29.6 Å². The van der Waals surface area contributed by atoms with Crippen LogP contribution in [0.4, 0.5) is 0 Å². The highest BCUT2D eigenvalue weighted by Gasteiger charge is 2.13. The standard InChI is InChI=1S/C14H15ClN4O/c1-2-5-17-14(20)9-19-12-6-10(8-16)3-4-11(12)18-13(19)7-15/h3-4,6H,2,5,7,9H2,1H3,(H,17,20). The summed E-state index contributed by atoms with van der Waals surface area (Å²) in [7, 11) is 0. The third-order valence-corrected chi connectivity index (χ3v) is 3.19. The van der Waals surface area contributed by atoms with Crippen molar-refractivity contribution in [2.75, 3.05) is 6.54 Å². The Morgan fingerprint density at radius 3 is 3.00 bits per heavy atom. The molecule has 2 aromatic rings. The van der Waals surface area contributed by atoms with Crippen LogP contribution in [0.2, 0.25) is 0 Å². The van der Waals surface area contributed by atoms with Crippen LogP contribution in [0.5, 0.6) is 0 Å². The number of halogens is 1. The zero-order chi connectivity index (χ0) is 14.5. The summed E-state index contributed by atoms with van der Waals surface area (Å²) in [6.07, 6.45) is 0.886. The number of amides is 1. The fourth-order valence-corrected chi connectivity index (χ4v) is 2.19. The summed E-state index contributed by atoms with van der Waals surface area (Å²) < 4.78 is 1.76. The van der Waals surface area contributed by atoms with Crippen LogP contribution < -0.4 is 5.32 Å². The van der Waals surface area contributed by atoms with Crippen molar-refractivity contribution in [1.29, 1.82) is 5.26 Å². The van der Waals surface area contributed by atoms with Crippen molar-refractivity contribution < 1.29 is 4.79 Å². The highest BCUT2D eigenvalue weighted by atomic mass is 35.5. The second-order valence-electron chi connectivity index (χ2n) is 4.41. The normalized spacial score (nSPS) is 10.4. The van der Waals surface area contributed by atoms with Gasteiger partial charge in [-0.3, -0.25) is 4.79 Å². The van der Waals surface area contributed by atoms with Gasteiger partial charge in [-0.25, -0.2) is 4.98 Å². The summed E-state index contributed by atoms with van der Waals surface area (Å²) in [6, 6.07) is 7.29. The van der Waals surface area contributed by atoms with Crippen LogP contribution in [0, 0.1) is 11.3 Å². The lowest BCUT2D eigenvalue weighted by molar-refractivity contribution is -0.121. The number of alkyl halides is 1. The quantitative estimate of drug-likeness (QED) is 0.858.